The van der Waals surface area contributed by atoms with Crippen molar-refractivity contribution in [1.29, 1.82) is 0 Å². The average Bonchev–Trinajstić information content (AvgIpc) is 3.09. The summed E-state index contributed by atoms with van der Waals surface area (Å²) < 4.78 is 5.19. The number of primary amides is 1. The molecule has 3 rings (SSSR count). The fraction of sp³-hybridized carbons (Fsp3) is 0.286. The van der Waals surface area contributed by atoms with Gasteiger partial charge in [-0.2, -0.15) is 0 Å². The molecule has 0 aromatic heterocycles. The van der Waals surface area contributed by atoms with E-state index in [2.05, 4.69) is 5.32 Å². The van der Waals surface area contributed by atoms with Gasteiger partial charge >= 0.3 is 0 Å². The molecule has 3 amide bonds. The van der Waals surface area contributed by atoms with Crippen LogP contribution in [0.25, 0.3) is 0 Å². The second-order valence-corrected chi connectivity index (χ2v) is 6.66. The summed E-state index contributed by atoms with van der Waals surface area (Å²) in [6, 6.07) is 14.4. The predicted molar refractivity (Wildman–Crippen MR) is 106 cm³/mol. The number of para-hydroxylation sites is 1. The molecule has 146 valence electrons. The molecule has 0 spiro atoms. The van der Waals surface area contributed by atoms with E-state index in [4.69, 9.17) is 10.5 Å². The molecule has 1 aliphatic heterocycles. The Morgan fingerprint density at radius 3 is 2.57 bits per heavy atom. The lowest BCUT2D eigenvalue weighted by molar-refractivity contribution is -0.122. The molecule has 0 bridgehead atoms. The maximum absolute atomic E-state index is 12.6. The lowest BCUT2D eigenvalue weighted by Crippen LogP contribution is -2.28. The van der Waals surface area contributed by atoms with Crippen LogP contribution in [0.3, 0.4) is 0 Å². The maximum atomic E-state index is 12.6. The molecule has 28 heavy (non-hydrogen) atoms. The van der Waals surface area contributed by atoms with Crippen LogP contribution in [0.15, 0.2) is 48.5 Å². The quantitative estimate of drug-likeness (QED) is 0.767. The lowest BCUT2D eigenvalue weighted by atomic mass is 10.1. The summed E-state index contributed by atoms with van der Waals surface area (Å²) in [7, 11) is 0. The zero-order chi connectivity index (χ0) is 20.1. The van der Waals surface area contributed by atoms with Crippen LogP contribution in [0.2, 0.25) is 0 Å². The number of carbonyl (C=O) groups is 3. The van der Waals surface area contributed by atoms with Crippen molar-refractivity contribution in [2.75, 3.05) is 23.4 Å². The molecule has 2 aromatic rings. The first kappa shape index (κ1) is 19.4. The lowest BCUT2D eigenvalue weighted by Gasteiger charge is -2.20. The van der Waals surface area contributed by atoms with E-state index >= 15 is 0 Å². The molecule has 2 aromatic carbocycles. The van der Waals surface area contributed by atoms with Gasteiger partial charge in [-0.1, -0.05) is 25.1 Å². The highest BCUT2D eigenvalue weighted by molar-refractivity contribution is 6.03. The van der Waals surface area contributed by atoms with Crippen LogP contribution in [0.1, 0.15) is 18.9 Å². The minimum absolute atomic E-state index is 0.0451. The number of rotatable bonds is 7. The van der Waals surface area contributed by atoms with E-state index in [0.717, 1.165) is 17.7 Å². The van der Waals surface area contributed by atoms with Crippen LogP contribution >= 0.6 is 0 Å². The number of aryl methyl sites for hydroxylation is 1. The Labute approximate surface area is 163 Å². The number of nitrogens with two attached hydrogens (primary N) is 1. The number of anilines is 2. The minimum Gasteiger partial charge on any atom is -0.484 e. The van der Waals surface area contributed by atoms with E-state index in [1.807, 2.05) is 31.2 Å². The maximum Gasteiger partial charge on any atom is 0.255 e. The van der Waals surface area contributed by atoms with Gasteiger partial charge in [0.25, 0.3) is 5.91 Å². The highest BCUT2D eigenvalue weighted by Gasteiger charge is 2.35. The third-order valence-electron chi connectivity index (χ3n) is 4.66. The number of ether oxygens (including phenoxy) is 1. The Kier molecular flexibility index (Phi) is 5.93. The second-order valence-electron chi connectivity index (χ2n) is 6.66. The molecular weight excluding hydrogens is 358 g/mol. The first-order valence-corrected chi connectivity index (χ1v) is 9.18. The highest BCUT2D eigenvalue weighted by Crippen LogP contribution is 2.29. The molecule has 7 heteroatoms. The third kappa shape index (κ3) is 4.49. The topological polar surface area (TPSA) is 102 Å². The largest absolute Gasteiger partial charge is 0.484 e. The van der Waals surface area contributed by atoms with Crippen LogP contribution in [-0.4, -0.2) is 30.9 Å². The minimum atomic E-state index is -0.558. The van der Waals surface area contributed by atoms with Crippen molar-refractivity contribution < 1.29 is 19.1 Å². The fourth-order valence-corrected chi connectivity index (χ4v) is 3.22. The molecule has 1 aliphatic rings. The number of benzene rings is 2. The van der Waals surface area contributed by atoms with E-state index in [1.54, 1.807) is 29.2 Å². The summed E-state index contributed by atoms with van der Waals surface area (Å²) in [6.07, 6.45) is 1.00. The molecule has 3 N–H and O–H groups in total. The molecule has 1 unspecified atom stereocenters. The number of hydrogen-bond acceptors (Lipinski definition) is 4. The first-order chi connectivity index (χ1) is 13.5. The summed E-state index contributed by atoms with van der Waals surface area (Å²) >= 11 is 0. The number of amides is 3. The van der Waals surface area contributed by atoms with Crippen molar-refractivity contribution in [3.63, 3.8) is 0 Å². The fourth-order valence-electron chi connectivity index (χ4n) is 3.22. The number of carbonyl (C=O) groups excluding carboxylic acids is 3. The van der Waals surface area contributed by atoms with Crippen molar-refractivity contribution in [1.82, 2.24) is 0 Å². The van der Waals surface area contributed by atoms with E-state index in [0.29, 0.717) is 18.0 Å². The van der Waals surface area contributed by atoms with Gasteiger partial charge in [-0.3, -0.25) is 14.4 Å². The van der Waals surface area contributed by atoms with Gasteiger partial charge in [0.05, 0.1) is 5.92 Å². The van der Waals surface area contributed by atoms with Crippen LogP contribution in [-0.2, 0) is 20.8 Å². The van der Waals surface area contributed by atoms with Gasteiger partial charge in [-0.15, -0.1) is 0 Å². The van der Waals surface area contributed by atoms with Gasteiger partial charge in [-0.25, -0.2) is 0 Å². The van der Waals surface area contributed by atoms with Gasteiger partial charge in [0.15, 0.2) is 6.61 Å². The van der Waals surface area contributed by atoms with Gasteiger partial charge in [0.1, 0.15) is 5.75 Å². The second kappa shape index (κ2) is 8.56. The normalized spacial score (nSPS) is 16.1. The molecule has 0 aliphatic carbocycles. The molecule has 1 saturated heterocycles. The third-order valence-corrected chi connectivity index (χ3v) is 4.66. The molecule has 0 radical (unpaired) electrons. The van der Waals surface area contributed by atoms with Gasteiger partial charge in [0, 0.05) is 24.3 Å². The summed E-state index contributed by atoms with van der Waals surface area (Å²) in [5.41, 5.74) is 7.59. The Morgan fingerprint density at radius 1 is 1.18 bits per heavy atom. The van der Waals surface area contributed by atoms with E-state index in [9.17, 15) is 14.4 Å². The van der Waals surface area contributed by atoms with Crippen LogP contribution in [0.4, 0.5) is 11.4 Å². The molecule has 1 heterocycles. The Balaban J connectivity index is 1.62. The van der Waals surface area contributed by atoms with Gasteiger partial charge < -0.3 is 20.7 Å². The van der Waals surface area contributed by atoms with Crippen molar-refractivity contribution in [3.05, 3.63) is 54.1 Å². The zero-order valence-corrected chi connectivity index (χ0v) is 15.7. The number of hydrogen-bond donors (Lipinski definition) is 2. The summed E-state index contributed by atoms with van der Waals surface area (Å²) in [6.45, 7) is 2.20. The van der Waals surface area contributed by atoms with Crippen molar-refractivity contribution in [2.45, 2.75) is 19.8 Å². The SMILES string of the molecule is CCc1ccccc1N1CC(C(=O)Nc2ccc(OCC(N)=O)cc2)CC1=O. The number of nitrogens with zero attached hydrogens (tertiary/aromatic N) is 1. The van der Waals surface area contributed by atoms with E-state index in [-0.39, 0.29) is 24.8 Å². The summed E-state index contributed by atoms with van der Waals surface area (Å²) in [5.74, 6) is -0.734. The smallest absolute Gasteiger partial charge is 0.255 e. The molecule has 1 atom stereocenters. The average molecular weight is 381 g/mol. The standard InChI is InChI=1S/C21H23N3O4/c1-2-14-5-3-4-6-18(14)24-12-15(11-20(24)26)21(27)23-16-7-9-17(10-8-16)28-13-19(22)25/h3-10,15H,2,11-13H2,1H3,(H2,22,25)(H,23,27). The van der Waals surface area contributed by atoms with Crippen molar-refractivity contribution >= 4 is 29.1 Å². The van der Waals surface area contributed by atoms with Gasteiger partial charge in [0.2, 0.25) is 11.8 Å². The number of nitrogens with one attached hydrogen (secondary N) is 1. The van der Waals surface area contributed by atoms with E-state index in [1.165, 1.54) is 0 Å². The van der Waals surface area contributed by atoms with Crippen LogP contribution < -0.4 is 20.7 Å². The monoisotopic (exact) mass is 381 g/mol. The molecule has 1 fully saturated rings. The van der Waals surface area contributed by atoms with Gasteiger partial charge in [-0.05, 0) is 42.3 Å². The van der Waals surface area contributed by atoms with E-state index < -0.39 is 11.8 Å². The van der Waals surface area contributed by atoms with Crippen molar-refractivity contribution in [2.24, 2.45) is 11.7 Å². The predicted octanol–water partition coefficient (Wildman–Crippen LogP) is 2.10. The highest BCUT2D eigenvalue weighted by atomic mass is 16.5. The van der Waals surface area contributed by atoms with Crippen LogP contribution in [0.5, 0.6) is 5.75 Å². The Hall–Kier alpha value is -3.35. The zero-order valence-electron chi connectivity index (χ0n) is 15.7. The van der Waals surface area contributed by atoms with Crippen LogP contribution in [0, 0.1) is 5.92 Å². The molecule has 0 saturated carbocycles. The molecular formula is C21H23N3O4. The summed E-state index contributed by atoms with van der Waals surface area (Å²) in [5, 5.41) is 2.83. The van der Waals surface area contributed by atoms with Crippen molar-refractivity contribution in [3.8, 4) is 5.75 Å². The molecule has 7 nitrogen and oxygen atoms in total. The first-order valence-electron chi connectivity index (χ1n) is 9.18. The Bertz CT molecular complexity index is 879. The Morgan fingerprint density at radius 2 is 1.89 bits per heavy atom. The summed E-state index contributed by atoms with van der Waals surface area (Å²) in [4.78, 5) is 37.5.